The predicted molar refractivity (Wildman–Crippen MR) is 135 cm³/mol. The van der Waals surface area contributed by atoms with Crippen LogP contribution in [-0.2, 0) is 10.0 Å². The summed E-state index contributed by atoms with van der Waals surface area (Å²) in [5.41, 5.74) is 4.11. The zero-order valence-corrected chi connectivity index (χ0v) is 19.8. The molecular weight excluding hydrogens is 448 g/mol. The van der Waals surface area contributed by atoms with Crippen LogP contribution in [0.1, 0.15) is 18.1 Å². The first-order chi connectivity index (χ1) is 16.2. The molecule has 1 heterocycles. The van der Waals surface area contributed by atoms with Crippen molar-refractivity contribution >= 4 is 38.1 Å². The summed E-state index contributed by atoms with van der Waals surface area (Å²) in [5.74, 6) is 6.82. The van der Waals surface area contributed by atoms with E-state index < -0.39 is 16.1 Å². The van der Waals surface area contributed by atoms with Crippen LogP contribution in [0.2, 0.25) is 0 Å². The first-order valence-corrected chi connectivity index (χ1v) is 12.5. The number of aromatic hydroxyl groups is 1. The lowest BCUT2D eigenvalue weighted by atomic mass is 10.1. The Labute approximate surface area is 199 Å². The maximum Gasteiger partial charge on any atom is 0.209 e. The lowest BCUT2D eigenvalue weighted by Gasteiger charge is -2.26. The minimum absolute atomic E-state index is 0.191. The maximum atomic E-state index is 11.4. The molecule has 0 aliphatic carbocycles. The third-order valence-electron chi connectivity index (χ3n) is 5.09. The minimum atomic E-state index is -3.35. The summed E-state index contributed by atoms with van der Waals surface area (Å²) >= 11 is 0. The van der Waals surface area contributed by atoms with Gasteiger partial charge in [-0.2, -0.15) is 0 Å². The van der Waals surface area contributed by atoms with Crippen molar-refractivity contribution < 1.29 is 13.5 Å². The molecule has 172 valence electrons. The number of anilines is 3. The van der Waals surface area contributed by atoms with Crippen molar-refractivity contribution in [1.82, 2.24) is 14.7 Å². The van der Waals surface area contributed by atoms with Gasteiger partial charge in [0.05, 0.1) is 23.5 Å². The number of fused-ring (bicyclic) bond motifs is 1. The monoisotopic (exact) mass is 472 g/mol. The second-order valence-electron chi connectivity index (χ2n) is 7.95. The quantitative estimate of drug-likeness (QED) is 0.418. The Morgan fingerprint density at radius 3 is 2.50 bits per heavy atom. The van der Waals surface area contributed by atoms with E-state index in [1.165, 1.54) is 6.33 Å². The van der Waals surface area contributed by atoms with Gasteiger partial charge in [0.25, 0.3) is 0 Å². The average molecular weight is 473 g/mol. The zero-order valence-electron chi connectivity index (χ0n) is 19.0. The molecule has 0 bridgehead atoms. The van der Waals surface area contributed by atoms with Crippen molar-refractivity contribution in [2.75, 3.05) is 11.2 Å². The summed E-state index contributed by atoms with van der Waals surface area (Å²) in [5, 5.41) is 10.7. The Kier molecular flexibility index (Phi) is 6.50. The topological polar surface area (TPSA) is 95.4 Å². The van der Waals surface area contributed by atoms with E-state index in [-0.39, 0.29) is 5.75 Å². The minimum Gasteiger partial charge on any atom is -0.508 e. The molecule has 8 heteroatoms. The van der Waals surface area contributed by atoms with E-state index in [1.54, 1.807) is 19.1 Å². The number of nitrogens with zero attached hydrogens (tertiary/aromatic N) is 3. The Hall–Kier alpha value is -3.93. The highest BCUT2D eigenvalue weighted by Gasteiger charge is 2.19. The van der Waals surface area contributed by atoms with Crippen molar-refractivity contribution in [3.63, 3.8) is 0 Å². The van der Waals surface area contributed by atoms with Crippen molar-refractivity contribution in [3.8, 4) is 17.6 Å². The summed E-state index contributed by atoms with van der Waals surface area (Å²) in [6.45, 7) is 3.62. The fraction of sp³-hybridized carbons (Fsp3) is 0.154. The molecule has 0 fully saturated rings. The van der Waals surface area contributed by atoms with Crippen LogP contribution < -0.4 is 9.62 Å². The number of para-hydroxylation sites is 1. The normalized spacial score (nSPS) is 12.1. The van der Waals surface area contributed by atoms with Gasteiger partial charge in [0, 0.05) is 16.6 Å². The molecule has 2 N–H and O–H groups in total. The molecule has 1 atom stereocenters. The molecule has 0 saturated heterocycles. The Morgan fingerprint density at radius 2 is 1.79 bits per heavy atom. The van der Waals surface area contributed by atoms with E-state index in [0.29, 0.717) is 11.4 Å². The summed E-state index contributed by atoms with van der Waals surface area (Å²) in [6, 6.07) is 20.1. The van der Waals surface area contributed by atoms with Crippen molar-refractivity contribution in [1.29, 1.82) is 0 Å². The van der Waals surface area contributed by atoms with E-state index in [0.717, 1.165) is 34.1 Å². The molecule has 1 aromatic heterocycles. The van der Waals surface area contributed by atoms with Crippen LogP contribution in [0.25, 0.3) is 10.9 Å². The Bertz CT molecular complexity index is 1510. The number of aryl methyl sites for hydroxylation is 1. The molecule has 4 aromatic rings. The second kappa shape index (κ2) is 9.51. The molecular formula is C26H24N4O3S. The number of aromatic nitrogens is 2. The fourth-order valence-corrected chi connectivity index (χ4v) is 4.39. The van der Waals surface area contributed by atoms with Gasteiger partial charge in [-0.15, -0.1) is 0 Å². The lowest BCUT2D eigenvalue weighted by molar-refractivity contribution is 0.475. The molecule has 3 aromatic carbocycles. The van der Waals surface area contributed by atoms with Crippen LogP contribution >= 0.6 is 0 Å². The molecule has 0 saturated carbocycles. The molecule has 0 spiro atoms. The molecule has 0 aliphatic heterocycles. The molecule has 0 amide bonds. The third-order valence-corrected chi connectivity index (χ3v) is 5.87. The SMILES string of the molecule is Cc1cc(O)ccc1N(c1ccccc1)c1ncnc2ccc(C#CC(C)NS(C)(=O)=O)cc12. The van der Waals surface area contributed by atoms with E-state index >= 15 is 0 Å². The summed E-state index contributed by atoms with van der Waals surface area (Å²) in [7, 11) is -3.35. The van der Waals surface area contributed by atoms with Crippen LogP contribution in [0.3, 0.4) is 0 Å². The zero-order chi connectivity index (χ0) is 24.3. The van der Waals surface area contributed by atoms with Gasteiger partial charge in [0.1, 0.15) is 17.9 Å². The Balaban J connectivity index is 1.86. The lowest BCUT2D eigenvalue weighted by Crippen LogP contribution is -2.30. The van der Waals surface area contributed by atoms with Crippen LogP contribution in [0.4, 0.5) is 17.2 Å². The van der Waals surface area contributed by atoms with E-state index in [2.05, 4.69) is 26.5 Å². The van der Waals surface area contributed by atoms with Gasteiger partial charge in [-0.05, 0) is 67.9 Å². The molecule has 4 rings (SSSR count). The first kappa shape index (κ1) is 23.2. The third kappa shape index (κ3) is 5.34. The highest BCUT2D eigenvalue weighted by atomic mass is 32.2. The smallest absolute Gasteiger partial charge is 0.209 e. The van der Waals surface area contributed by atoms with Crippen molar-refractivity contribution in [2.45, 2.75) is 19.9 Å². The van der Waals surface area contributed by atoms with Crippen molar-refractivity contribution in [3.05, 3.63) is 84.2 Å². The molecule has 0 radical (unpaired) electrons. The van der Waals surface area contributed by atoms with Crippen LogP contribution in [-0.4, -0.2) is 35.8 Å². The fourth-order valence-electron chi connectivity index (χ4n) is 3.68. The average Bonchev–Trinajstić information content (AvgIpc) is 2.79. The maximum absolute atomic E-state index is 11.4. The standard InChI is InChI=1S/C26H24N4O3S/c1-18-15-22(31)12-14-25(18)30(21-7-5-4-6-8-21)26-23-16-20(11-13-24(23)27-17-28-26)10-9-19(2)29-34(3,32)33/h4-8,11-17,19,29,31H,1-3H3. The number of benzene rings is 3. The number of phenolic OH excluding ortho intramolecular Hbond substituents is 1. The second-order valence-corrected chi connectivity index (χ2v) is 9.73. The highest BCUT2D eigenvalue weighted by Crippen LogP contribution is 2.39. The van der Waals surface area contributed by atoms with E-state index in [9.17, 15) is 13.5 Å². The molecule has 7 nitrogen and oxygen atoms in total. The number of hydrogen-bond donors (Lipinski definition) is 2. The van der Waals surface area contributed by atoms with Crippen LogP contribution in [0.5, 0.6) is 5.75 Å². The van der Waals surface area contributed by atoms with Gasteiger partial charge in [0.2, 0.25) is 10.0 Å². The summed E-state index contributed by atoms with van der Waals surface area (Å²) in [6.07, 6.45) is 2.63. The van der Waals surface area contributed by atoms with Gasteiger partial charge in [-0.3, -0.25) is 4.90 Å². The van der Waals surface area contributed by atoms with E-state index in [1.807, 2.05) is 66.4 Å². The molecule has 1 unspecified atom stereocenters. The number of phenols is 1. The summed E-state index contributed by atoms with van der Waals surface area (Å²) in [4.78, 5) is 11.1. The van der Waals surface area contributed by atoms with Gasteiger partial charge in [-0.25, -0.2) is 23.1 Å². The van der Waals surface area contributed by atoms with Gasteiger partial charge in [0.15, 0.2) is 0 Å². The highest BCUT2D eigenvalue weighted by molar-refractivity contribution is 7.88. The van der Waals surface area contributed by atoms with Crippen LogP contribution in [0.15, 0.2) is 73.1 Å². The number of rotatable bonds is 5. The number of hydrogen-bond acceptors (Lipinski definition) is 6. The molecule has 0 aliphatic rings. The molecule has 34 heavy (non-hydrogen) atoms. The van der Waals surface area contributed by atoms with Crippen molar-refractivity contribution in [2.24, 2.45) is 0 Å². The first-order valence-electron chi connectivity index (χ1n) is 10.6. The van der Waals surface area contributed by atoms with Gasteiger partial charge < -0.3 is 5.11 Å². The number of sulfonamides is 1. The Morgan fingerprint density at radius 1 is 1.03 bits per heavy atom. The van der Waals surface area contributed by atoms with Gasteiger partial charge in [-0.1, -0.05) is 30.0 Å². The predicted octanol–water partition coefficient (Wildman–Crippen LogP) is 4.40. The largest absolute Gasteiger partial charge is 0.508 e. The summed E-state index contributed by atoms with van der Waals surface area (Å²) < 4.78 is 25.4. The van der Waals surface area contributed by atoms with E-state index in [4.69, 9.17) is 0 Å². The number of nitrogens with one attached hydrogen (secondary N) is 1. The van der Waals surface area contributed by atoms with Crippen LogP contribution in [0, 0.1) is 18.8 Å². The van der Waals surface area contributed by atoms with Gasteiger partial charge >= 0.3 is 0 Å².